The highest BCUT2D eigenvalue weighted by atomic mass is 19.4. The maximum Gasteiger partial charge on any atom is 0.401 e. The van der Waals surface area contributed by atoms with E-state index in [1.807, 2.05) is 6.92 Å². The Morgan fingerprint density at radius 3 is 2.67 bits per heavy atom. The maximum atomic E-state index is 12.1. The van der Waals surface area contributed by atoms with Crippen LogP contribution in [0.15, 0.2) is 0 Å². The first kappa shape index (κ1) is 15.8. The quantitative estimate of drug-likeness (QED) is 0.794. The van der Waals surface area contributed by atoms with Crippen LogP contribution in [-0.4, -0.2) is 42.8 Å². The first-order valence-electron chi connectivity index (χ1n) is 6.97. The molecule has 0 aromatic rings. The van der Waals surface area contributed by atoms with E-state index in [1.54, 1.807) is 0 Å². The molecule has 1 rings (SSSR count). The highest BCUT2D eigenvalue weighted by Gasteiger charge is 2.29. The molecule has 1 heterocycles. The SMILES string of the molecule is CCCC1CCCCN1C(C)CNCC(F)(F)F. The van der Waals surface area contributed by atoms with E-state index < -0.39 is 12.7 Å². The number of rotatable bonds is 6. The van der Waals surface area contributed by atoms with Crippen molar-refractivity contribution in [2.45, 2.75) is 64.2 Å². The van der Waals surface area contributed by atoms with E-state index in [0.717, 1.165) is 19.4 Å². The second-order valence-corrected chi connectivity index (χ2v) is 5.27. The Morgan fingerprint density at radius 1 is 1.33 bits per heavy atom. The standard InChI is InChI=1S/C13H25F3N2/c1-3-6-12-7-4-5-8-18(12)11(2)9-17-10-13(14,15)16/h11-12,17H,3-10H2,1-2H3. The van der Waals surface area contributed by atoms with Crippen molar-refractivity contribution in [3.63, 3.8) is 0 Å². The Balaban J connectivity index is 2.35. The molecule has 1 aliphatic heterocycles. The van der Waals surface area contributed by atoms with Crippen molar-refractivity contribution in [1.29, 1.82) is 0 Å². The van der Waals surface area contributed by atoms with Crippen LogP contribution in [0.5, 0.6) is 0 Å². The molecular weight excluding hydrogens is 241 g/mol. The molecule has 0 amide bonds. The molecule has 0 saturated carbocycles. The molecule has 2 unspecified atom stereocenters. The molecule has 1 saturated heterocycles. The number of hydrogen-bond acceptors (Lipinski definition) is 2. The summed E-state index contributed by atoms with van der Waals surface area (Å²) in [5.74, 6) is 0. The van der Waals surface area contributed by atoms with Crippen LogP contribution >= 0.6 is 0 Å². The molecule has 0 aliphatic carbocycles. The molecule has 108 valence electrons. The Bertz CT molecular complexity index is 229. The third-order valence-electron chi connectivity index (χ3n) is 3.63. The van der Waals surface area contributed by atoms with Gasteiger partial charge in [-0.15, -0.1) is 0 Å². The van der Waals surface area contributed by atoms with E-state index in [4.69, 9.17) is 0 Å². The van der Waals surface area contributed by atoms with Crippen molar-refractivity contribution in [3.05, 3.63) is 0 Å². The molecule has 1 fully saturated rings. The van der Waals surface area contributed by atoms with Crippen LogP contribution in [0.2, 0.25) is 0 Å². The second-order valence-electron chi connectivity index (χ2n) is 5.27. The highest BCUT2D eigenvalue weighted by Crippen LogP contribution is 2.23. The van der Waals surface area contributed by atoms with Gasteiger partial charge in [-0.3, -0.25) is 4.90 Å². The molecule has 2 atom stereocenters. The van der Waals surface area contributed by atoms with Crippen LogP contribution < -0.4 is 5.32 Å². The maximum absolute atomic E-state index is 12.1. The van der Waals surface area contributed by atoms with Gasteiger partial charge < -0.3 is 5.32 Å². The van der Waals surface area contributed by atoms with Crippen molar-refractivity contribution in [2.75, 3.05) is 19.6 Å². The molecule has 0 bridgehead atoms. The Kier molecular flexibility index (Phi) is 6.43. The fourth-order valence-electron chi connectivity index (χ4n) is 2.79. The summed E-state index contributed by atoms with van der Waals surface area (Å²) in [7, 11) is 0. The fraction of sp³-hybridized carbons (Fsp3) is 1.00. The van der Waals surface area contributed by atoms with Crippen LogP contribution in [0.4, 0.5) is 13.2 Å². The van der Waals surface area contributed by atoms with Gasteiger partial charge in [-0.05, 0) is 32.7 Å². The zero-order valence-electron chi connectivity index (χ0n) is 11.4. The van der Waals surface area contributed by atoms with Crippen molar-refractivity contribution in [1.82, 2.24) is 10.2 Å². The van der Waals surface area contributed by atoms with Crippen LogP contribution in [0.25, 0.3) is 0 Å². The first-order valence-corrected chi connectivity index (χ1v) is 6.97. The molecule has 0 aromatic heterocycles. The van der Waals surface area contributed by atoms with E-state index in [0.29, 0.717) is 12.6 Å². The van der Waals surface area contributed by atoms with Gasteiger partial charge in [0.15, 0.2) is 0 Å². The molecule has 5 heteroatoms. The van der Waals surface area contributed by atoms with E-state index in [9.17, 15) is 13.2 Å². The number of halogens is 3. The van der Waals surface area contributed by atoms with Gasteiger partial charge in [-0.25, -0.2) is 0 Å². The lowest BCUT2D eigenvalue weighted by molar-refractivity contribution is -0.125. The van der Waals surface area contributed by atoms with Crippen LogP contribution in [0.1, 0.15) is 46.0 Å². The topological polar surface area (TPSA) is 15.3 Å². The number of nitrogens with one attached hydrogen (secondary N) is 1. The van der Waals surface area contributed by atoms with Crippen molar-refractivity contribution in [3.8, 4) is 0 Å². The van der Waals surface area contributed by atoms with Crippen LogP contribution in [0, 0.1) is 0 Å². The number of nitrogens with zero attached hydrogens (tertiary/aromatic N) is 1. The average Bonchev–Trinajstić information content (AvgIpc) is 2.28. The third-order valence-corrected chi connectivity index (χ3v) is 3.63. The predicted molar refractivity (Wildman–Crippen MR) is 67.6 cm³/mol. The minimum Gasteiger partial charge on any atom is -0.307 e. The zero-order valence-corrected chi connectivity index (χ0v) is 11.4. The summed E-state index contributed by atoms with van der Waals surface area (Å²) in [6.45, 7) is 4.75. The first-order chi connectivity index (χ1) is 8.44. The fourth-order valence-corrected chi connectivity index (χ4v) is 2.79. The van der Waals surface area contributed by atoms with E-state index in [-0.39, 0.29) is 6.04 Å². The molecule has 1 aliphatic rings. The molecule has 0 radical (unpaired) electrons. The normalized spacial score (nSPS) is 24.2. The molecule has 0 aromatic carbocycles. The summed E-state index contributed by atoms with van der Waals surface area (Å²) < 4.78 is 36.2. The number of hydrogen-bond donors (Lipinski definition) is 1. The lowest BCUT2D eigenvalue weighted by atomic mass is 9.96. The van der Waals surface area contributed by atoms with E-state index in [2.05, 4.69) is 17.1 Å². The molecule has 1 N–H and O–H groups in total. The van der Waals surface area contributed by atoms with Crippen molar-refractivity contribution in [2.24, 2.45) is 0 Å². The molecule has 18 heavy (non-hydrogen) atoms. The van der Waals surface area contributed by atoms with Crippen molar-refractivity contribution < 1.29 is 13.2 Å². The summed E-state index contributed by atoms with van der Waals surface area (Å²) in [6, 6.07) is 0.746. The van der Waals surface area contributed by atoms with Gasteiger partial charge in [-0.1, -0.05) is 19.8 Å². The van der Waals surface area contributed by atoms with Gasteiger partial charge in [0.05, 0.1) is 6.54 Å². The summed E-state index contributed by atoms with van der Waals surface area (Å²) >= 11 is 0. The summed E-state index contributed by atoms with van der Waals surface area (Å²) in [5, 5.41) is 2.52. The van der Waals surface area contributed by atoms with Gasteiger partial charge >= 0.3 is 6.18 Å². The minimum atomic E-state index is -4.11. The van der Waals surface area contributed by atoms with Crippen LogP contribution in [-0.2, 0) is 0 Å². The average molecular weight is 266 g/mol. The molecule has 2 nitrogen and oxygen atoms in total. The predicted octanol–water partition coefficient (Wildman–Crippen LogP) is 3.18. The number of piperidine rings is 1. The summed E-state index contributed by atoms with van der Waals surface area (Å²) in [6.07, 6.45) is 1.81. The third kappa shape index (κ3) is 5.57. The van der Waals surface area contributed by atoms with Crippen molar-refractivity contribution >= 4 is 0 Å². The lowest BCUT2D eigenvalue weighted by Gasteiger charge is -2.40. The Morgan fingerprint density at radius 2 is 2.06 bits per heavy atom. The second kappa shape index (κ2) is 7.34. The Hall–Kier alpha value is -0.290. The summed E-state index contributed by atoms with van der Waals surface area (Å²) in [5.41, 5.74) is 0. The zero-order chi connectivity index (χ0) is 13.6. The monoisotopic (exact) mass is 266 g/mol. The Labute approximate surface area is 108 Å². The summed E-state index contributed by atoms with van der Waals surface area (Å²) in [4.78, 5) is 2.39. The number of alkyl halides is 3. The van der Waals surface area contributed by atoms with Gasteiger partial charge in [0.1, 0.15) is 0 Å². The lowest BCUT2D eigenvalue weighted by Crippen LogP contribution is -2.49. The van der Waals surface area contributed by atoms with E-state index in [1.165, 1.54) is 19.3 Å². The minimum absolute atomic E-state index is 0.184. The molecule has 0 spiro atoms. The van der Waals surface area contributed by atoms with Gasteiger partial charge in [-0.2, -0.15) is 13.2 Å². The smallest absolute Gasteiger partial charge is 0.307 e. The van der Waals surface area contributed by atoms with Gasteiger partial charge in [0, 0.05) is 18.6 Å². The molecular formula is C13H25F3N2. The van der Waals surface area contributed by atoms with Crippen LogP contribution in [0.3, 0.4) is 0 Å². The van der Waals surface area contributed by atoms with E-state index >= 15 is 0 Å². The van der Waals surface area contributed by atoms with Gasteiger partial charge in [0.2, 0.25) is 0 Å². The highest BCUT2D eigenvalue weighted by molar-refractivity contribution is 4.82. The number of likely N-dealkylation sites (tertiary alicyclic amines) is 1. The van der Waals surface area contributed by atoms with Gasteiger partial charge in [0.25, 0.3) is 0 Å². The largest absolute Gasteiger partial charge is 0.401 e.